The van der Waals surface area contributed by atoms with Crippen molar-refractivity contribution in [1.29, 1.82) is 0 Å². The lowest BCUT2D eigenvalue weighted by Gasteiger charge is -2.09. The van der Waals surface area contributed by atoms with Crippen LogP contribution in [-0.2, 0) is 0 Å². The van der Waals surface area contributed by atoms with Crippen LogP contribution in [0.1, 0.15) is 34.1 Å². The van der Waals surface area contributed by atoms with E-state index in [0.717, 1.165) is 17.7 Å². The molecule has 0 saturated carbocycles. The third-order valence-corrected chi connectivity index (χ3v) is 4.70. The van der Waals surface area contributed by atoms with Crippen molar-refractivity contribution < 1.29 is 14.7 Å². The first-order valence-electron chi connectivity index (χ1n) is 7.60. The molecule has 0 saturated heterocycles. The van der Waals surface area contributed by atoms with E-state index >= 15 is 0 Å². The zero-order valence-electron chi connectivity index (χ0n) is 13.1. The van der Waals surface area contributed by atoms with E-state index < -0.39 is 5.97 Å². The molecule has 2 aromatic carbocycles. The number of carboxylic acids is 1. The molecule has 24 heavy (non-hydrogen) atoms. The highest BCUT2D eigenvalue weighted by molar-refractivity contribution is 7.99. The molecule has 1 aromatic heterocycles. The lowest BCUT2D eigenvalue weighted by atomic mass is 10.1. The normalized spacial score (nSPS) is 10.9. The summed E-state index contributed by atoms with van der Waals surface area (Å²) < 4.78 is 1.51. The number of aromatic nitrogens is 2. The highest BCUT2D eigenvalue weighted by Gasteiger charge is 2.22. The third-order valence-electron chi connectivity index (χ3n) is 3.56. The summed E-state index contributed by atoms with van der Waals surface area (Å²) in [6, 6.07) is 13.6. The number of hydrogen-bond donors (Lipinski definition) is 1. The molecular weight excluding hydrogens is 324 g/mol. The number of aromatic carboxylic acids is 1. The standard InChI is InChI=1S/C18H16N2O3S/c1-2-11-24-18-19-14-9-5-6-10-15(14)20(18)16(21)12-7-3-4-8-13(12)17(22)23/h3-10H,2,11H2,1H3,(H,22,23). The van der Waals surface area contributed by atoms with Crippen molar-refractivity contribution >= 4 is 34.7 Å². The number of carbonyl (C=O) groups is 2. The molecule has 0 spiro atoms. The van der Waals surface area contributed by atoms with Crippen LogP contribution in [0.3, 0.4) is 0 Å². The smallest absolute Gasteiger partial charge is 0.336 e. The van der Waals surface area contributed by atoms with Crippen LogP contribution in [0.4, 0.5) is 0 Å². The molecule has 122 valence electrons. The first kappa shape index (κ1) is 16.3. The van der Waals surface area contributed by atoms with E-state index in [4.69, 9.17) is 0 Å². The molecule has 0 fully saturated rings. The molecule has 0 atom stereocenters. The summed E-state index contributed by atoms with van der Waals surface area (Å²) in [4.78, 5) is 29.0. The van der Waals surface area contributed by atoms with E-state index in [2.05, 4.69) is 11.9 Å². The molecule has 1 N–H and O–H groups in total. The van der Waals surface area contributed by atoms with E-state index in [1.165, 1.54) is 28.5 Å². The van der Waals surface area contributed by atoms with Crippen molar-refractivity contribution in [3.05, 3.63) is 59.7 Å². The van der Waals surface area contributed by atoms with Gasteiger partial charge in [0.05, 0.1) is 22.2 Å². The second-order valence-corrected chi connectivity index (χ2v) is 6.28. The minimum Gasteiger partial charge on any atom is -0.478 e. The van der Waals surface area contributed by atoms with Crippen molar-refractivity contribution in [1.82, 2.24) is 9.55 Å². The number of carboxylic acid groups (broad SMARTS) is 1. The summed E-state index contributed by atoms with van der Waals surface area (Å²) in [5.41, 5.74) is 1.55. The van der Waals surface area contributed by atoms with Crippen LogP contribution in [0.15, 0.2) is 53.7 Å². The molecule has 0 aliphatic rings. The number of carbonyl (C=O) groups excluding carboxylic acids is 1. The van der Waals surface area contributed by atoms with Gasteiger partial charge >= 0.3 is 5.97 Å². The first-order chi connectivity index (χ1) is 11.6. The van der Waals surface area contributed by atoms with Crippen LogP contribution in [0.5, 0.6) is 0 Å². The molecule has 5 nitrogen and oxygen atoms in total. The van der Waals surface area contributed by atoms with Crippen LogP contribution in [0.2, 0.25) is 0 Å². The number of thioether (sulfide) groups is 1. The Morgan fingerprint density at radius 2 is 1.75 bits per heavy atom. The van der Waals surface area contributed by atoms with Gasteiger partial charge < -0.3 is 5.11 Å². The van der Waals surface area contributed by atoms with Crippen LogP contribution in [-0.4, -0.2) is 32.3 Å². The van der Waals surface area contributed by atoms with Crippen molar-refractivity contribution in [2.45, 2.75) is 18.5 Å². The minimum absolute atomic E-state index is 0.00766. The van der Waals surface area contributed by atoms with Crippen molar-refractivity contribution in [2.75, 3.05) is 5.75 Å². The molecule has 0 aliphatic carbocycles. The number of fused-ring (bicyclic) bond motifs is 1. The predicted molar refractivity (Wildman–Crippen MR) is 93.9 cm³/mol. The minimum atomic E-state index is -1.12. The zero-order valence-corrected chi connectivity index (χ0v) is 13.9. The van der Waals surface area contributed by atoms with Crippen molar-refractivity contribution in [3.8, 4) is 0 Å². The number of imidazole rings is 1. The van der Waals surface area contributed by atoms with E-state index in [-0.39, 0.29) is 17.0 Å². The molecule has 0 radical (unpaired) electrons. The fraction of sp³-hybridized carbons (Fsp3) is 0.167. The molecule has 0 amide bonds. The molecule has 1 heterocycles. The average molecular weight is 340 g/mol. The highest BCUT2D eigenvalue weighted by Crippen LogP contribution is 2.26. The summed E-state index contributed by atoms with van der Waals surface area (Å²) in [6.45, 7) is 2.06. The monoisotopic (exact) mass is 340 g/mol. The largest absolute Gasteiger partial charge is 0.478 e. The maximum absolute atomic E-state index is 13.1. The van der Waals surface area contributed by atoms with Crippen molar-refractivity contribution in [2.24, 2.45) is 0 Å². The van der Waals surface area contributed by atoms with Gasteiger partial charge in [-0.05, 0) is 30.7 Å². The van der Waals surface area contributed by atoms with E-state index in [1.54, 1.807) is 12.1 Å². The Balaban J connectivity index is 2.18. The Kier molecular flexibility index (Phi) is 4.66. The first-order valence-corrected chi connectivity index (χ1v) is 8.59. The predicted octanol–water partition coefficient (Wildman–Crippen LogP) is 3.93. The Morgan fingerprint density at radius 3 is 2.46 bits per heavy atom. The number of nitrogens with zero attached hydrogens (tertiary/aromatic N) is 2. The van der Waals surface area contributed by atoms with Crippen LogP contribution in [0.25, 0.3) is 11.0 Å². The number of benzene rings is 2. The Morgan fingerprint density at radius 1 is 1.08 bits per heavy atom. The van der Waals surface area contributed by atoms with E-state index in [0.29, 0.717) is 10.7 Å². The molecule has 6 heteroatoms. The average Bonchev–Trinajstić information content (AvgIpc) is 2.97. The van der Waals surface area contributed by atoms with Gasteiger partial charge in [-0.2, -0.15) is 0 Å². The lowest BCUT2D eigenvalue weighted by molar-refractivity contribution is 0.0691. The SMILES string of the molecule is CCCSc1nc2ccccc2n1C(=O)c1ccccc1C(=O)O. The summed E-state index contributed by atoms with van der Waals surface area (Å²) in [5, 5.41) is 9.94. The molecule has 3 aromatic rings. The fourth-order valence-electron chi connectivity index (χ4n) is 2.47. The summed E-state index contributed by atoms with van der Waals surface area (Å²) in [5.74, 6) is -0.664. The van der Waals surface area contributed by atoms with Gasteiger partial charge in [-0.15, -0.1) is 0 Å². The van der Waals surface area contributed by atoms with Gasteiger partial charge in [0.15, 0.2) is 5.16 Å². The number of rotatable bonds is 5. The van der Waals surface area contributed by atoms with Gasteiger partial charge in [-0.25, -0.2) is 9.78 Å². The lowest BCUT2D eigenvalue weighted by Crippen LogP contribution is -2.17. The Bertz CT molecular complexity index is 918. The van der Waals surface area contributed by atoms with E-state index in [9.17, 15) is 14.7 Å². The second kappa shape index (κ2) is 6.88. The molecule has 0 unspecified atom stereocenters. The van der Waals surface area contributed by atoms with Gasteiger partial charge in [-0.1, -0.05) is 43.0 Å². The van der Waals surface area contributed by atoms with Gasteiger partial charge in [-0.3, -0.25) is 9.36 Å². The molecular formula is C18H16N2O3S. The van der Waals surface area contributed by atoms with Crippen LogP contribution < -0.4 is 0 Å². The molecule has 0 bridgehead atoms. The topological polar surface area (TPSA) is 72.2 Å². The summed E-state index contributed by atoms with van der Waals surface area (Å²) >= 11 is 1.49. The Hall–Kier alpha value is -2.60. The van der Waals surface area contributed by atoms with Crippen LogP contribution >= 0.6 is 11.8 Å². The number of para-hydroxylation sites is 2. The van der Waals surface area contributed by atoms with Gasteiger partial charge in [0.2, 0.25) is 0 Å². The Labute approximate surface area is 143 Å². The van der Waals surface area contributed by atoms with Crippen LogP contribution in [0, 0.1) is 0 Å². The zero-order chi connectivity index (χ0) is 17.1. The summed E-state index contributed by atoms with van der Waals surface area (Å²) in [7, 11) is 0. The fourth-order valence-corrected chi connectivity index (χ4v) is 3.33. The second-order valence-electron chi connectivity index (χ2n) is 5.22. The maximum atomic E-state index is 13.1. The maximum Gasteiger partial charge on any atom is 0.336 e. The van der Waals surface area contributed by atoms with E-state index in [1.807, 2.05) is 24.3 Å². The third kappa shape index (κ3) is 2.92. The van der Waals surface area contributed by atoms with Crippen molar-refractivity contribution in [3.63, 3.8) is 0 Å². The van der Waals surface area contributed by atoms with Gasteiger partial charge in [0.25, 0.3) is 5.91 Å². The molecule has 3 rings (SSSR count). The molecule has 0 aliphatic heterocycles. The van der Waals surface area contributed by atoms with Gasteiger partial charge in [0, 0.05) is 5.75 Å². The quantitative estimate of drug-likeness (QED) is 0.713. The van der Waals surface area contributed by atoms with Gasteiger partial charge in [0.1, 0.15) is 0 Å². The summed E-state index contributed by atoms with van der Waals surface area (Å²) in [6.07, 6.45) is 0.952. The number of hydrogen-bond acceptors (Lipinski definition) is 4. The highest BCUT2D eigenvalue weighted by atomic mass is 32.2.